The van der Waals surface area contributed by atoms with Gasteiger partial charge in [0, 0.05) is 20.3 Å². The quantitative estimate of drug-likeness (QED) is 0.724. The Bertz CT molecular complexity index is 426. The first-order valence-electron chi connectivity index (χ1n) is 4.13. The van der Waals surface area contributed by atoms with E-state index in [1.165, 1.54) is 11.4 Å². The van der Waals surface area contributed by atoms with Crippen LogP contribution in [0.4, 0.5) is 0 Å². The minimum absolute atomic E-state index is 1.10. The lowest BCUT2D eigenvalue weighted by atomic mass is 10.3. The lowest BCUT2D eigenvalue weighted by Crippen LogP contribution is -1.95. The average molecular weight is 239 g/mol. The predicted octanol–water partition coefficient (Wildman–Crippen LogP) is 2.79. The Morgan fingerprint density at radius 1 is 1.08 bits per heavy atom. The maximum absolute atomic E-state index is 3.48. The highest BCUT2D eigenvalue weighted by Crippen LogP contribution is 2.23. The maximum atomic E-state index is 3.48. The van der Waals surface area contributed by atoms with Gasteiger partial charge >= 0.3 is 0 Å². The van der Waals surface area contributed by atoms with Crippen LogP contribution in [0.15, 0.2) is 35.1 Å². The second-order valence-electron chi connectivity index (χ2n) is 3.10. The van der Waals surface area contributed by atoms with Crippen molar-refractivity contribution in [1.29, 1.82) is 0 Å². The summed E-state index contributed by atoms with van der Waals surface area (Å²) >= 11 is 3.48. The summed E-state index contributed by atoms with van der Waals surface area (Å²) in [7, 11) is 4.10. The van der Waals surface area contributed by atoms with E-state index in [9.17, 15) is 0 Å². The Morgan fingerprint density at radius 3 is 2.31 bits per heavy atom. The van der Waals surface area contributed by atoms with Crippen LogP contribution < -0.4 is 0 Å². The lowest BCUT2D eigenvalue weighted by molar-refractivity contribution is 0.872. The summed E-state index contributed by atoms with van der Waals surface area (Å²) in [6.45, 7) is 0. The van der Waals surface area contributed by atoms with Gasteiger partial charge in [-0.3, -0.25) is 0 Å². The highest BCUT2D eigenvalue weighted by Gasteiger charge is 2.06. The first-order valence-corrected chi connectivity index (χ1v) is 4.92. The summed E-state index contributed by atoms with van der Waals surface area (Å²) in [4.78, 5) is 0. The van der Waals surface area contributed by atoms with Crippen molar-refractivity contribution >= 4 is 15.9 Å². The summed E-state index contributed by atoms with van der Waals surface area (Å²) in [5, 5.41) is 0. The Hall–Kier alpha value is -0.960. The van der Waals surface area contributed by atoms with Crippen LogP contribution in [-0.2, 0) is 14.1 Å². The molecule has 0 amide bonds. The van der Waals surface area contributed by atoms with Crippen molar-refractivity contribution in [2.45, 2.75) is 0 Å². The molecule has 0 aliphatic heterocycles. The van der Waals surface area contributed by atoms with Crippen molar-refractivity contribution in [3.05, 3.63) is 35.1 Å². The number of halogens is 1. The standard InChI is InChI=1S/C10H11BrN2/c1-12-7-3-4-8(12)9-5-6-10(11)13(9)2/h3-7H,1-2H3. The van der Waals surface area contributed by atoms with E-state index in [-0.39, 0.29) is 0 Å². The third kappa shape index (κ3) is 1.33. The van der Waals surface area contributed by atoms with Crippen LogP contribution in [0.3, 0.4) is 0 Å². The van der Waals surface area contributed by atoms with Crippen LogP contribution >= 0.6 is 15.9 Å². The maximum Gasteiger partial charge on any atom is 0.0849 e. The predicted molar refractivity (Wildman–Crippen MR) is 57.5 cm³/mol. The molecule has 0 aliphatic carbocycles. The van der Waals surface area contributed by atoms with E-state index in [0.29, 0.717) is 0 Å². The van der Waals surface area contributed by atoms with Crippen LogP contribution in [0.5, 0.6) is 0 Å². The van der Waals surface area contributed by atoms with Gasteiger partial charge in [0.25, 0.3) is 0 Å². The second-order valence-corrected chi connectivity index (χ2v) is 3.92. The van der Waals surface area contributed by atoms with Gasteiger partial charge < -0.3 is 9.13 Å². The highest BCUT2D eigenvalue weighted by atomic mass is 79.9. The largest absolute Gasteiger partial charge is 0.349 e. The zero-order valence-corrected chi connectivity index (χ0v) is 9.25. The molecule has 0 fully saturated rings. The number of hydrogen-bond acceptors (Lipinski definition) is 0. The van der Waals surface area contributed by atoms with Gasteiger partial charge in [-0.25, -0.2) is 0 Å². The molecule has 0 aliphatic rings. The fourth-order valence-electron chi connectivity index (χ4n) is 1.47. The fourth-order valence-corrected chi connectivity index (χ4v) is 1.79. The van der Waals surface area contributed by atoms with Crippen molar-refractivity contribution in [3.63, 3.8) is 0 Å². The zero-order chi connectivity index (χ0) is 9.42. The number of aromatic nitrogens is 2. The normalized spacial score (nSPS) is 10.7. The summed E-state index contributed by atoms with van der Waals surface area (Å²) in [6.07, 6.45) is 2.05. The van der Waals surface area contributed by atoms with Gasteiger partial charge in [0.2, 0.25) is 0 Å². The molecule has 0 aromatic carbocycles. The van der Waals surface area contributed by atoms with Gasteiger partial charge in [-0.2, -0.15) is 0 Å². The number of rotatable bonds is 1. The molecule has 2 aromatic rings. The zero-order valence-electron chi connectivity index (χ0n) is 7.66. The van der Waals surface area contributed by atoms with Crippen LogP contribution in [0.2, 0.25) is 0 Å². The molecule has 2 heterocycles. The molecule has 0 spiro atoms. The molecular formula is C10H11BrN2. The van der Waals surface area contributed by atoms with Crippen molar-refractivity contribution in [1.82, 2.24) is 9.13 Å². The first-order chi connectivity index (χ1) is 6.20. The van der Waals surface area contributed by atoms with E-state index in [1.807, 2.05) is 7.05 Å². The summed E-state index contributed by atoms with van der Waals surface area (Å²) in [5.41, 5.74) is 2.45. The van der Waals surface area contributed by atoms with E-state index in [0.717, 1.165) is 4.60 Å². The van der Waals surface area contributed by atoms with Gasteiger partial charge in [0.15, 0.2) is 0 Å². The highest BCUT2D eigenvalue weighted by molar-refractivity contribution is 9.10. The summed E-state index contributed by atoms with van der Waals surface area (Å²) < 4.78 is 5.33. The molecule has 13 heavy (non-hydrogen) atoms. The molecule has 0 unspecified atom stereocenters. The summed E-state index contributed by atoms with van der Waals surface area (Å²) in [5.74, 6) is 0. The molecule has 68 valence electrons. The fraction of sp³-hybridized carbons (Fsp3) is 0.200. The third-order valence-corrected chi connectivity index (χ3v) is 3.06. The molecule has 0 radical (unpaired) electrons. The van der Waals surface area contributed by atoms with E-state index in [4.69, 9.17) is 0 Å². The molecule has 2 rings (SSSR count). The van der Waals surface area contributed by atoms with Crippen LogP contribution in [0, 0.1) is 0 Å². The Morgan fingerprint density at radius 2 is 1.85 bits per heavy atom. The summed E-state index contributed by atoms with van der Waals surface area (Å²) in [6, 6.07) is 8.33. The molecule has 0 saturated heterocycles. The van der Waals surface area contributed by atoms with Gasteiger partial charge in [0.1, 0.15) is 0 Å². The minimum atomic E-state index is 1.10. The topological polar surface area (TPSA) is 9.86 Å². The number of nitrogens with zero attached hydrogens (tertiary/aromatic N) is 2. The monoisotopic (exact) mass is 238 g/mol. The molecule has 0 saturated carbocycles. The minimum Gasteiger partial charge on any atom is -0.349 e. The SMILES string of the molecule is Cn1cccc1-c1ccc(Br)n1C. The molecule has 0 atom stereocenters. The van der Waals surface area contributed by atoms with Gasteiger partial charge in [-0.05, 0) is 40.2 Å². The molecule has 0 bridgehead atoms. The molecule has 0 N–H and O–H groups in total. The van der Waals surface area contributed by atoms with Gasteiger partial charge in [0.05, 0.1) is 16.0 Å². The van der Waals surface area contributed by atoms with Gasteiger partial charge in [-0.1, -0.05) is 0 Å². The Labute approximate surface area is 85.9 Å². The smallest absolute Gasteiger partial charge is 0.0849 e. The van der Waals surface area contributed by atoms with Crippen molar-refractivity contribution < 1.29 is 0 Å². The lowest BCUT2D eigenvalue weighted by Gasteiger charge is -2.05. The van der Waals surface area contributed by atoms with Crippen molar-refractivity contribution in [2.24, 2.45) is 14.1 Å². The number of aryl methyl sites for hydroxylation is 1. The first kappa shape index (κ1) is 8.63. The second kappa shape index (κ2) is 3.07. The van der Waals surface area contributed by atoms with Crippen LogP contribution in [-0.4, -0.2) is 9.13 Å². The van der Waals surface area contributed by atoms with E-state index >= 15 is 0 Å². The van der Waals surface area contributed by atoms with E-state index in [1.54, 1.807) is 0 Å². The average Bonchev–Trinajstić information content (AvgIpc) is 2.62. The molecule has 2 nitrogen and oxygen atoms in total. The Balaban J connectivity index is 2.59. The van der Waals surface area contributed by atoms with Crippen LogP contribution in [0.25, 0.3) is 11.4 Å². The molecular weight excluding hydrogens is 228 g/mol. The van der Waals surface area contributed by atoms with Gasteiger partial charge in [-0.15, -0.1) is 0 Å². The van der Waals surface area contributed by atoms with Crippen molar-refractivity contribution in [3.8, 4) is 11.4 Å². The molecule has 2 aromatic heterocycles. The third-order valence-electron chi connectivity index (χ3n) is 2.27. The van der Waals surface area contributed by atoms with Crippen LogP contribution in [0.1, 0.15) is 0 Å². The molecule has 3 heteroatoms. The number of hydrogen-bond donors (Lipinski definition) is 0. The Kier molecular flexibility index (Phi) is 2.04. The van der Waals surface area contributed by atoms with E-state index in [2.05, 4.69) is 62.6 Å². The van der Waals surface area contributed by atoms with E-state index < -0.39 is 0 Å². The van der Waals surface area contributed by atoms with Crippen molar-refractivity contribution in [2.75, 3.05) is 0 Å².